The SMILES string of the molecule is O=S(=O)(N(c1ccccc1)S(O)(O)C(F)(F)F)C(F)(F)F. The van der Waals surface area contributed by atoms with Crippen molar-refractivity contribution in [1.82, 2.24) is 0 Å². The van der Waals surface area contributed by atoms with Crippen LogP contribution in [0.2, 0.25) is 0 Å². The topological polar surface area (TPSA) is 77.8 Å². The number of para-hydroxylation sites is 1. The van der Waals surface area contributed by atoms with E-state index in [1.807, 2.05) is 0 Å². The third-order valence-electron chi connectivity index (χ3n) is 2.02. The Morgan fingerprint density at radius 2 is 1.29 bits per heavy atom. The molecule has 0 aliphatic rings. The van der Waals surface area contributed by atoms with Crippen molar-refractivity contribution in [2.45, 2.75) is 11.0 Å². The molecular formula is C8H7F6NO4S2. The molecule has 1 rings (SSSR count). The van der Waals surface area contributed by atoms with Gasteiger partial charge in [0.1, 0.15) is 0 Å². The Balaban J connectivity index is 3.63. The van der Waals surface area contributed by atoms with Crippen molar-refractivity contribution in [1.29, 1.82) is 0 Å². The molecule has 0 amide bonds. The summed E-state index contributed by atoms with van der Waals surface area (Å²) in [7, 11) is -13.0. The highest BCUT2D eigenvalue weighted by Crippen LogP contribution is 2.61. The monoisotopic (exact) mass is 359 g/mol. The Morgan fingerprint density at radius 3 is 1.62 bits per heavy atom. The summed E-state index contributed by atoms with van der Waals surface area (Å²) in [5.41, 5.74) is -13.4. The smallest absolute Gasteiger partial charge is 0.274 e. The van der Waals surface area contributed by atoms with E-state index in [0.29, 0.717) is 12.1 Å². The summed E-state index contributed by atoms with van der Waals surface area (Å²) in [5, 5.41) is 0. The molecule has 0 atom stereocenters. The average Bonchev–Trinajstić information content (AvgIpc) is 2.26. The Morgan fingerprint density at radius 1 is 0.857 bits per heavy atom. The zero-order valence-corrected chi connectivity index (χ0v) is 11.3. The van der Waals surface area contributed by atoms with Gasteiger partial charge in [-0.05, 0) is 22.9 Å². The van der Waals surface area contributed by atoms with Crippen molar-refractivity contribution in [3.63, 3.8) is 0 Å². The van der Waals surface area contributed by atoms with Gasteiger partial charge in [0.25, 0.3) is 0 Å². The summed E-state index contributed by atoms with van der Waals surface area (Å²) in [6, 6.07) is 4.16. The third kappa shape index (κ3) is 3.20. The van der Waals surface area contributed by atoms with Gasteiger partial charge in [0.2, 0.25) is 0 Å². The van der Waals surface area contributed by atoms with E-state index in [2.05, 4.69) is 0 Å². The average molecular weight is 359 g/mol. The molecule has 13 heteroatoms. The minimum absolute atomic E-state index is 0.559. The van der Waals surface area contributed by atoms with Crippen LogP contribution in [0.3, 0.4) is 0 Å². The second-order valence-electron chi connectivity index (χ2n) is 3.48. The predicted octanol–water partition coefficient (Wildman–Crippen LogP) is 3.53. The summed E-state index contributed by atoms with van der Waals surface area (Å²) < 4.78 is 114. The largest absolute Gasteiger partial charge is 0.518 e. The first-order valence-corrected chi connectivity index (χ1v) is 7.68. The van der Waals surface area contributed by atoms with E-state index in [-0.39, 0.29) is 0 Å². The first-order valence-electron chi connectivity index (χ1n) is 4.74. The quantitative estimate of drug-likeness (QED) is 0.810. The maximum Gasteiger partial charge on any atom is 0.518 e. The molecule has 0 unspecified atom stereocenters. The van der Waals surface area contributed by atoms with Gasteiger partial charge in [-0.2, -0.15) is 34.8 Å². The van der Waals surface area contributed by atoms with E-state index in [9.17, 15) is 34.8 Å². The maximum absolute atomic E-state index is 12.6. The number of rotatable bonds is 3. The lowest BCUT2D eigenvalue weighted by atomic mass is 10.3. The molecule has 0 fully saturated rings. The highest BCUT2D eigenvalue weighted by molar-refractivity contribution is 8.33. The molecule has 0 heterocycles. The first-order chi connectivity index (χ1) is 9.23. The van der Waals surface area contributed by atoms with Crippen LogP contribution in [-0.4, -0.2) is 28.5 Å². The zero-order chi connectivity index (χ0) is 16.7. The van der Waals surface area contributed by atoms with Crippen LogP contribution in [-0.2, 0) is 10.0 Å². The van der Waals surface area contributed by atoms with Crippen LogP contribution in [0.5, 0.6) is 0 Å². The minimum atomic E-state index is -6.68. The molecule has 21 heavy (non-hydrogen) atoms. The summed E-state index contributed by atoms with van der Waals surface area (Å²) >= 11 is 0. The van der Waals surface area contributed by atoms with Crippen molar-refractivity contribution < 1.29 is 43.9 Å². The van der Waals surface area contributed by atoms with E-state index in [1.165, 1.54) is 6.07 Å². The van der Waals surface area contributed by atoms with Crippen molar-refractivity contribution >= 4 is 26.5 Å². The predicted molar refractivity (Wildman–Crippen MR) is 62.8 cm³/mol. The van der Waals surface area contributed by atoms with Crippen molar-refractivity contribution in [2.24, 2.45) is 0 Å². The van der Waals surface area contributed by atoms with E-state index in [4.69, 9.17) is 9.11 Å². The fraction of sp³-hybridized carbons (Fsp3) is 0.250. The summed E-state index contributed by atoms with van der Waals surface area (Å²) in [4.78, 5) is 0. The van der Waals surface area contributed by atoms with Gasteiger partial charge >= 0.3 is 21.0 Å². The zero-order valence-electron chi connectivity index (χ0n) is 9.63. The van der Waals surface area contributed by atoms with Gasteiger partial charge in [-0.1, -0.05) is 18.2 Å². The van der Waals surface area contributed by atoms with Gasteiger partial charge in [0, 0.05) is 0 Å². The molecule has 0 aromatic heterocycles. The molecule has 1 aromatic rings. The molecule has 5 nitrogen and oxygen atoms in total. The van der Waals surface area contributed by atoms with Gasteiger partial charge in [0.05, 0.1) is 5.69 Å². The van der Waals surface area contributed by atoms with Crippen LogP contribution in [0, 0.1) is 0 Å². The number of nitrogens with zero attached hydrogens (tertiary/aromatic N) is 1. The Labute approximate surface area is 116 Å². The van der Waals surface area contributed by atoms with Crippen LogP contribution in [0.15, 0.2) is 30.3 Å². The van der Waals surface area contributed by atoms with Gasteiger partial charge in [-0.3, -0.25) is 9.11 Å². The van der Waals surface area contributed by atoms with Crippen LogP contribution in [0.25, 0.3) is 0 Å². The minimum Gasteiger partial charge on any atom is -0.274 e. The molecule has 122 valence electrons. The summed E-state index contributed by atoms with van der Waals surface area (Å²) in [5.74, 6) is 0. The lowest BCUT2D eigenvalue weighted by Crippen LogP contribution is -2.46. The Kier molecular flexibility index (Phi) is 4.45. The maximum atomic E-state index is 12.6. The van der Waals surface area contributed by atoms with E-state index < -0.39 is 41.2 Å². The van der Waals surface area contributed by atoms with Crippen LogP contribution < -0.4 is 3.71 Å². The van der Waals surface area contributed by atoms with Crippen LogP contribution in [0.1, 0.15) is 0 Å². The normalized spacial score (nSPS) is 14.9. The van der Waals surface area contributed by atoms with Crippen molar-refractivity contribution in [2.75, 3.05) is 3.71 Å². The third-order valence-corrected chi connectivity index (χ3v) is 5.76. The van der Waals surface area contributed by atoms with E-state index in [0.717, 1.165) is 12.1 Å². The lowest BCUT2D eigenvalue weighted by Gasteiger charge is -2.42. The Bertz CT molecular complexity index is 597. The van der Waals surface area contributed by atoms with Gasteiger partial charge < -0.3 is 0 Å². The fourth-order valence-electron chi connectivity index (χ4n) is 1.16. The first kappa shape index (κ1) is 17.9. The van der Waals surface area contributed by atoms with E-state index >= 15 is 0 Å². The molecule has 0 aliphatic carbocycles. The van der Waals surface area contributed by atoms with Gasteiger partial charge in [-0.25, -0.2) is 0 Å². The number of hydrogen-bond acceptors (Lipinski definition) is 4. The lowest BCUT2D eigenvalue weighted by molar-refractivity contribution is -0.0536. The molecule has 0 bridgehead atoms. The number of anilines is 1. The van der Waals surface area contributed by atoms with Crippen molar-refractivity contribution in [3.05, 3.63) is 30.3 Å². The summed E-state index contributed by atoms with van der Waals surface area (Å²) in [6.07, 6.45) is 0. The Hall–Kier alpha value is -1.18. The van der Waals surface area contributed by atoms with Crippen LogP contribution >= 0.6 is 10.8 Å². The number of alkyl halides is 6. The molecule has 1 aromatic carbocycles. The second-order valence-corrected chi connectivity index (χ2v) is 7.35. The summed E-state index contributed by atoms with van der Waals surface area (Å²) in [6.45, 7) is 0. The number of hydrogen-bond donors (Lipinski definition) is 2. The highest BCUT2D eigenvalue weighted by Gasteiger charge is 2.61. The highest BCUT2D eigenvalue weighted by atomic mass is 32.3. The number of benzene rings is 1. The molecule has 0 radical (unpaired) electrons. The van der Waals surface area contributed by atoms with Gasteiger partial charge in [-0.15, -0.1) is 3.71 Å². The fourth-order valence-corrected chi connectivity index (χ4v) is 3.95. The molecule has 0 saturated carbocycles. The molecular weight excluding hydrogens is 352 g/mol. The number of sulfonamides is 1. The second kappa shape index (κ2) is 5.23. The van der Waals surface area contributed by atoms with Crippen molar-refractivity contribution in [3.8, 4) is 0 Å². The molecule has 0 spiro atoms. The molecule has 0 saturated heterocycles. The number of halogens is 6. The standard InChI is InChI=1S/C8H7F6NO4S2/c9-7(10,11)20(16,17)15(6-4-2-1-3-5-6)21(18,19)8(12,13)14/h1-5,16-17H. The molecule has 2 N–H and O–H groups in total. The van der Waals surface area contributed by atoms with Crippen LogP contribution in [0.4, 0.5) is 32.0 Å². The van der Waals surface area contributed by atoms with E-state index in [1.54, 1.807) is 0 Å². The van der Waals surface area contributed by atoms with Gasteiger partial charge in [0.15, 0.2) is 0 Å². The molecule has 0 aliphatic heterocycles.